The largest absolute Gasteiger partial charge is 0.393 e. The predicted octanol–water partition coefficient (Wildman–Crippen LogP) is 3.55. The van der Waals surface area contributed by atoms with Gasteiger partial charge in [0, 0.05) is 29.8 Å². The van der Waals surface area contributed by atoms with Gasteiger partial charge in [-0.15, -0.1) is 0 Å². The van der Waals surface area contributed by atoms with Crippen LogP contribution in [0, 0.1) is 17.1 Å². The fraction of sp³-hybridized carbons (Fsp3) is 0.190. The van der Waals surface area contributed by atoms with E-state index in [-0.39, 0.29) is 28.4 Å². The van der Waals surface area contributed by atoms with E-state index in [9.17, 15) is 9.50 Å². The van der Waals surface area contributed by atoms with Crippen molar-refractivity contribution >= 4 is 40.0 Å². The van der Waals surface area contributed by atoms with Crippen molar-refractivity contribution in [2.75, 3.05) is 10.6 Å². The lowest BCUT2D eigenvalue weighted by Crippen LogP contribution is -2.39. The highest BCUT2D eigenvalue weighted by molar-refractivity contribution is 6.32. The number of benzene rings is 1. The van der Waals surface area contributed by atoms with Crippen LogP contribution in [0.5, 0.6) is 0 Å². The minimum atomic E-state index is -0.655. The predicted molar refractivity (Wildman–Crippen MR) is 117 cm³/mol. The molecule has 0 unspecified atom stereocenters. The maximum absolute atomic E-state index is 14.7. The molecule has 11 heteroatoms. The average Bonchev–Trinajstić information content (AvgIpc) is 3.15. The molecule has 32 heavy (non-hydrogen) atoms. The van der Waals surface area contributed by atoms with Crippen LogP contribution in [0.1, 0.15) is 18.4 Å². The summed E-state index contributed by atoms with van der Waals surface area (Å²) in [4.78, 5) is 12.8. The first-order valence-electron chi connectivity index (χ1n) is 9.77. The summed E-state index contributed by atoms with van der Waals surface area (Å²) in [6, 6.07) is 8.01. The van der Waals surface area contributed by atoms with Crippen LogP contribution in [-0.4, -0.2) is 42.0 Å². The first-order chi connectivity index (χ1) is 15.5. The highest BCUT2D eigenvalue weighted by Crippen LogP contribution is 2.29. The van der Waals surface area contributed by atoms with Crippen molar-refractivity contribution < 1.29 is 9.50 Å². The standard InChI is InChI=1S/C21H16ClFN8O/c22-15-1-11(7-24)2-16(23)21(15)31-17-5-18(25-8-12(17)9-28-31)30-20-6-19(26-10-27-20)29-13-3-14(32)4-13/h1-2,5-6,8-10,13-14,32H,3-4H2,(H2,25,26,27,29,30)/t13-,14-. The van der Waals surface area contributed by atoms with Crippen LogP contribution < -0.4 is 10.6 Å². The van der Waals surface area contributed by atoms with Crippen molar-refractivity contribution in [3.8, 4) is 11.8 Å². The zero-order chi connectivity index (χ0) is 22.2. The lowest BCUT2D eigenvalue weighted by Gasteiger charge is -2.32. The summed E-state index contributed by atoms with van der Waals surface area (Å²) in [5.41, 5.74) is 0.749. The number of aliphatic hydroxyl groups is 1. The summed E-state index contributed by atoms with van der Waals surface area (Å²) in [5, 5.41) is 29.8. The number of pyridine rings is 1. The second-order valence-corrected chi connectivity index (χ2v) is 7.87. The number of rotatable bonds is 5. The Kier molecular flexibility index (Phi) is 5.05. The van der Waals surface area contributed by atoms with Crippen molar-refractivity contribution in [1.29, 1.82) is 5.26 Å². The average molecular weight is 451 g/mol. The Morgan fingerprint density at radius 1 is 1.09 bits per heavy atom. The Balaban J connectivity index is 1.44. The third kappa shape index (κ3) is 3.79. The van der Waals surface area contributed by atoms with Crippen molar-refractivity contribution in [3.05, 3.63) is 59.4 Å². The lowest BCUT2D eigenvalue weighted by molar-refractivity contribution is 0.0835. The Labute approximate surface area is 186 Å². The van der Waals surface area contributed by atoms with Gasteiger partial charge in [0.1, 0.15) is 29.5 Å². The van der Waals surface area contributed by atoms with Gasteiger partial charge in [0.15, 0.2) is 5.82 Å². The fourth-order valence-corrected chi connectivity index (χ4v) is 3.84. The highest BCUT2D eigenvalue weighted by Gasteiger charge is 2.27. The van der Waals surface area contributed by atoms with Gasteiger partial charge in [0.2, 0.25) is 0 Å². The molecule has 3 heterocycles. The molecule has 1 fully saturated rings. The van der Waals surface area contributed by atoms with Crippen molar-refractivity contribution in [2.45, 2.75) is 25.0 Å². The molecule has 0 saturated heterocycles. The van der Waals surface area contributed by atoms with E-state index in [2.05, 4.69) is 30.7 Å². The monoisotopic (exact) mass is 450 g/mol. The Bertz CT molecular complexity index is 1340. The molecular formula is C21H16ClFN8O. The van der Waals surface area contributed by atoms with E-state index in [0.717, 1.165) is 6.07 Å². The highest BCUT2D eigenvalue weighted by atomic mass is 35.5. The maximum Gasteiger partial charge on any atom is 0.151 e. The number of fused-ring (bicyclic) bond motifs is 1. The van der Waals surface area contributed by atoms with Crippen LogP contribution in [0.15, 0.2) is 43.0 Å². The van der Waals surface area contributed by atoms with Gasteiger partial charge in [-0.05, 0) is 25.0 Å². The van der Waals surface area contributed by atoms with Crippen LogP contribution >= 0.6 is 11.6 Å². The molecule has 5 rings (SSSR count). The minimum Gasteiger partial charge on any atom is -0.393 e. The Morgan fingerprint density at radius 2 is 1.88 bits per heavy atom. The second kappa shape index (κ2) is 8.03. The van der Waals surface area contributed by atoms with Crippen LogP contribution in [0.3, 0.4) is 0 Å². The topological polar surface area (TPSA) is 125 Å². The number of nitrogens with zero attached hydrogens (tertiary/aromatic N) is 6. The van der Waals surface area contributed by atoms with E-state index in [4.69, 9.17) is 16.9 Å². The van der Waals surface area contributed by atoms with Gasteiger partial charge in [-0.1, -0.05) is 11.6 Å². The summed E-state index contributed by atoms with van der Waals surface area (Å²) in [5.74, 6) is 0.964. The molecule has 1 aliphatic rings. The van der Waals surface area contributed by atoms with Gasteiger partial charge >= 0.3 is 0 Å². The number of halogens is 2. The van der Waals surface area contributed by atoms with Crippen LogP contribution in [-0.2, 0) is 0 Å². The van der Waals surface area contributed by atoms with E-state index in [0.29, 0.717) is 41.2 Å². The maximum atomic E-state index is 14.7. The lowest BCUT2D eigenvalue weighted by atomic mass is 9.89. The molecule has 0 atom stereocenters. The molecule has 0 aliphatic heterocycles. The fourth-order valence-electron chi connectivity index (χ4n) is 3.55. The number of hydrogen-bond acceptors (Lipinski definition) is 8. The summed E-state index contributed by atoms with van der Waals surface area (Å²) in [7, 11) is 0. The van der Waals surface area contributed by atoms with E-state index in [1.54, 1.807) is 24.5 Å². The van der Waals surface area contributed by atoms with Crippen LogP contribution in [0.2, 0.25) is 5.02 Å². The Morgan fingerprint density at radius 3 is 2.62 bits per heavy atom. The number of nitriles is 1. The van der Waals surface area contributed by atoms with Gasteiger partial charge in [-0.2, -0.15) is 10.4 Å². The van der Waals surface area contributed by atoms with Gasteiger partial charge in [0.25, 0.3) is 0 Å². The molecule has 3 aromatic heterocycles. The number of aromatic nitrogens is 5. The van der Waals surface area contributed by atoms with Crippen LogP contribution in [0.4, 0.5) is 21.8 Å². The molecule has 160 valence electrons. The Hall–Kier alpha value is -3.81. The van der Waals surface area contributed by atoms with Gasteiger partial charge < -0.3 is 15.7 Å². The van der Waals surface area contributed by atoms with Crippen LogP contribution in [0.25, 0.3) is 16.6 Å². The van der Waals surface area contributed by atoms with E-state index in [1.807, 2.05) is 6.07 Å². The summed E-state index contributed by atoms with van der Waals surface area (Å²) >= 11 is 6.24. The number of nitrogens with one attached hydrogen (secondary N) is 2. The third-order valence-corrected chi connectivity index (χ3v) is 5.49. The minimum absolute atomic E-state index is 0.0500. The zero-order valence-electron chi connectivity index (χ0n) is 16.5. The molecule has 9 nitrogen and oxygen atoms in total. The molecular weight excluding hydrogens is 435 g/mol. The number of hydrogen-bond donors (Lipinski definition) is 3. The molecule has 0 amide bonds. The first kappa shape index (κ1) is 20.1. The van der Waals surface area contributed by atoms with Gasteiger partial charge in [-0.3, -0.25) is 0 Å². The molecule has 1 saturated carbocycles. The molecule has 3 N–H and O–H groups in total. The quantitative estimate of drug-likeness (QED) is 0.421. The number of aliphatic hydroxyl groups excluding tert-OH is 1. The van der Waals surface area contributed by atoms with Crippen molar-refractivity contribution in [2.24, 2.45) is 0 Å². The van der Waals surface area contributed by atoms with E-state index >= 15 is 0 Å². The van der Waals surface area contributed by atoms with Gasteiger partial charge in [0.05, 0.1) is 34.5 Å². The molecule has 0 radical (unpaired) electrons. The third-order valence-electron chi connectivity index (χ3n) is 5.20. The second-order valence-electron chi connectivity index (χ2n) is 7.47. The number of anilines is 3. The van der Waals surface area contributed by atoms with Crippen molar-refractivity contribution in [1.82, 2.24) is 24.7 Å². The molecule has 0 bridgehead atoms. The molecule has 0 spiro atoms. The van der Waals surface area contributed by atoms with E-state index in [1.165, 1.54) is 17.1 Å². The SMILES string of the molecule is N#Cc1cc(F)c(-n2ncc3cnc(Nc4cc(N[C@H]5C[C@H](O)C5)ncn4)cc32)c(Cl)c1. The summed E-state index contributed by atoms with van der Waals surface area (Å²) in [6.07, 6.45) is 5.69. The molecule has 4 aromatic rings. The molecule has 1 aromatic carbocycles. The van der Waals surface area contributed by atoms with E-state index < -0.39 is 5.82 Å². The van der Waals surface area contributed by atoms with Crippen molar-refractivity contribution in [3.63, 3.8) is 0 Å². The summed E-state index contributed by atoms with van der Waals surface area (Å²) in [6.45, 7) is 0. The molecule has 1 aliphatic carbocycles. The van der Waals surface area contributed by atoms with Gasteiger partial charge in [-0.25, -0.2) is 24.0 Å². The first-order valence-corrected chi connectivity index (χ1v) is 10.1. The zero-order valence-corrected chi connectivity index (χ0v) is 17.3. The summed E-state index contributed by atoms with van der Waals surface area (Å²) < 4.78 is 16.0. The normalized spacial score (nSPS) is 17.6. The smallest absolute Gasteiger partial charge is 0.151 e.